The van der Waals surface area contributed by atoms with Crippen LogP contribution in [0.4, 0.5) is 13.2 Å². The molecule has 0 aromatic heterocycles. The smallest absolute Gasteiger partial charge is 0.481 e. The van der Waals surface area contributed by atoms with Crippen molar-refractivity contribution < 1.29 is 106 Å². The maximum Gasteiger partial charge on any atom is 0.490 e. The topological polar surface area (TPSA) is 610 Å². The average molecular weight is 1280 g/mol. The normalized spacial score (nSPS) is 15.6. The van der Waals surface area contributed by atoms with Crippen molar-refractivity contribution in [2.24, 2.45) is 38.7 Å². The van der Waals surface area contributed by atoms with Crippen LogP contribution in [0.2, 0.25) is 0 Å². The number of aliphatic imine (C=N–C) groups is 2. The van der Waals surface area contributed by atoms with Gasteiger partial charge in [-0.15, -0.1) is 0 Å². The number of nitrogens with zero attached hydrogens (tertiary/aromatic N) is 3. The van der Waals surface area contributed by atoms with Gasteiger partial charge >= 0.3 is 24.1 Å². The number of nitrogens with one attached hydrogen (secondary N) is 9. The number of aliphatic carboxylic acids is 3. The summed E-state index contributed by atoms with van der Waals surface area (Å²) in [5.41, 5.74) is 27.6. The molecule has 1 fully saturated rings. The van der Waals surface area contributed by atoms with Crippen LogP contribution in [0.15, 0.2) is 40.3 Å². The minimum atomic E-state index is -5.08. The molecule has 0 spiro atoms. The van der Waals surface area contributed by atoms with Gasteiger partial charge in [0.25, 0.3) is 0 Å². The molecular formula is C50H78F3N17O19. The predicted molar refractivity (Wildman–Crippen MR) is 302 cm³/mol. The number of carboxylic acids is 3. The highest BCUT2D eigenvalue weighted by Gasteiger charge is 2.41. The molecule has 0 radical (unpaired) electrons. The summed E-state index contributed by atoms with van der Waals surface area (Å²) in [7, 11) is 0. The van der Waals surface area contributed by atoms with Gasteiger partial charge in [0.1, 0.15) is 60.9 Å². The van der Waals surface area contributed by atoms with Crippen LogP contribution < -0.4 is 76.5 Å². The van der Waals surface area contributed by atoms with Gasteiger partial charge in [-0.1, -0.05) is 30.3 Å². The molecule has 1 aliphatic rings. The van der Waals surface area contributed by atoms with E-state index in [-0.39, 0.29) is 70.1 Å². The van der Waals surface area contributed by atoms with E-state index in [9.17, 15) is 86.0 Å². The highest BCUT2D eigenvalue weighted by molar-refractivity contribution is 5.99. The number of aliphatic hydroxyl groups is 3. The quantitative estimate of drug-likeness (QED) is 0.0169. The second-order valence-electron chi connectivity index (χ2n) is 19.6. The Labute approximate surface area is 505 Å². The Morgan fingerprint density at radius 1 is 0.618 bits per heavy atom. The lowest BCUT2D eigenvalue weighted by molar-refractivity contribution is -0.192. The number of hydrogen-bond acceptors (Lipinski definition) is 19. The largest absolute Gasteiger partial charge is 0.490 e. The fourth-order valence-electron chi connectivity index (χ4n) is 7.97. The Balaban J connectivity index is 0.00000531. The van der Waals surface area contributed by atoms with Gasteiger partial charge in [-0.05, 0) is 64.4 Å². The number of aliphatic hydroxyl groups excluding tert-OH is 3. The Kier molecular flexibility index (Phi) is 34.2. The molecule has 0 saturated carbocycles. The maximum atomic E-state index is 14.0. The third-order valence-electron chi connectivity index (χ3n) is 12.5. The number of benzene rings is 1. The van der Waals surface area contributed by atoms with Crippen LogP contribution in [-0.2, 0) is 68.7 Å². The lowest BCUT2D eigenvalue weighted by Crippen LogP contribution is -2.62. The summed E-state index contributed by atoms with van der Waals surface area (Å²) in [6.45, 7) is -1.13. The molecule has 0 bridgehead atoms. The fourth-order valence-corrected chi connectivity index (χ4v) is 7.97. The Hall–Kier alpha value is -9.50. The van der Waals surface area contributed by atoms with Gasteiger partial charge in [-0.25, -0.2) is 4.79 Å². The molecular weight excluding hydrogens is 1200 g/mol. The zero-order valence-corrected chi connectivity index (χ0v) is 48.3. The van der Waals surface area contributed by atoms with Gasteiger partial charge in [0.05, 0.1) is 25.9 Å². The van der Waals surface area contributed by atoms with Crippen molar-refractivity contribution in [3.05, 3.63) is 35.9 Å². The summed E-state index contributed by atoms with van der Waals surface area (Å²) >= 11 is 0. The molecule has 10 atom stereocenters. The van der Waals surface area contributed by atoms with Gasteiger partial charge < -0.3 is 112 Å². The molecule has 2 rings (SSSR count). The number of carbonyl (C=O) groups excluding carboxylic acids is 10. The summed E-state index contributed by atoms with van der Waals surface area (Å²) in [5, 5.41) is 77.2. The van der Waals surface area contributed by atoms with Crippen LogP contribution in [-0.4, -0.2) is 237 Å². The van der Waals surface area contributed by atoms with Crippen molar-refractivity contribution >= 4 is 88.9 Å². The highest BCUT2D eigenvalue weighted by atomic mass is 19.4. The van der Waals surface area contributed by atoms with E-state index in [2.05, 4.69) is 52.5 Å². The summed E-state index contributed by atoms with van der Waals surface area (Å²) in [4.78, 5) is 175. The molecule has 1 aromatic carbocycles. The number of amides is 10. The standard InChI is InChI=1S/C48H77N17O17.C2HF3O2/c1-24(38(74)59-28(14-15-35(70)71)39(75)56-21-36(72)73)57-41(77)30(19-26-9-4-3-5-10-26)61-42(78)31(22-66)62-43(79)32(23-67)63-45(81)37(25(2)68)64-40(76)27(11-6-16-54-47(50)51)60-44(80)33-13-8-18-65(33)46(82)29(58-34(69)20-49)12-7-17-55-48(52)53;3-2(4,5)1(6)7/h3-5,9-10,24-25,27-33,37,66-68H,6-8,11-23,49H2,1-2H3,(H,56,75)(H,57,77)(H,58,69)(H,59,74)(H,60,80)(H,61,78)(H,62,79)(H,63,81)(H,64,76)(H,70,71)(H,72,73)(H4,50,51,54)(H4,52,53,55);(H,6,7). The second-order valence-corrected chi connectivity index (χ2v) is 19.6. The monoisotopic (exact) mass is 1280 g/mol. The van der Waals surface area contributed by atoms with Crippen molar-refractivity contribution in [2.45, 2.75) is 138 Å². The fraction of sp³-hybridized carbons (Fsp3) is 0.580. The number of alkyl halides is 3. The van der Waals surface area contributed by atoms with Crippen LogP contribution >= 0.6 is 0 Å². The lowest BCUT2D eigenvalue weighted by atomic mass is 10.0. The number of carbonyl (C=O) groups is 13. The third kappa shape index (κ3) is 29.6. The van der Waals surface area contributed by atoms with Crippen LogP contribution in [0.25, 0.3) is 0 Å². The maximum absolute atomic E-state index is 14.0. The van der Waals surface area contributed by atoms with E-state index in [0.29, 0.717) is 12.0 Å². The molecule has 498 valence electrons. The van der Waals surface area contributed by atoms with Gasteiger partial charge in [0.2, 0.25) is 59.1 Å². The van der Waals surface area contributed by atoms with Crippen molar-refractivity contribution in [1.82, 2.24) is 52.8 Å². The second kappa shape index (κ2) is 39.3. The zero-order chi connectivity index (χ0) is 67.7. The predicted octanol–water partition coefficient (Wildman–Crippen LogP) is -8.75. The zero-order valence-electron chi connectivity index (χ0n) is 48.3. The van der Waals surface area contributed by atoms with Gasteiger partial charge in [0.15, 0.2) is 11.9 Å². The number of likely N-dealkylation sites (tertiary alicyclic amines) is 1. The Bertz CT molecular complexity index is 2670. The molecule has 10 unspecified atom stereocenters. The average Bonchev–Trinajstić information content (AvgIpc) is 3.27. The van der Waals surface area contributed by atoms with E-state index in [1.165, 1.54) is 11.8 Å². The van der Waals surface area contributed by atoms with E-state index in [1.54, 1.807) is 30.3 Å². The molecule has 0 aliphatic carbocycles. The summed E-state index contributed by atoms with van der Waals surface area (Å²) in [6.07, 6.45) is -7.42. The minimum absolute atomic E-state index is 0.0287. The first-order valence-corrected chi connectivity index (χ1v) is 27.2. The molecule has 10 amide bonds. The summed E-state index contributed by atoms with van der Waals surface area (Å²) in [6, 6.07) is -6.01. The van der Waals surface area contributed by atoms with Crippen LogP contribution in [0, 0.1) is 0 Å². The third-order valence-corrected chi connectivity index (χ3v) is 12.5. The van der Waals surface area contributed by atoms with Crippen molar-refractivity contribution in [2.75, 3.05) is 45.9 Å². The van der Waals surface area contributed by atoms with E-state index < -0.39 is 183 Å². The van der Waals surface area contributed by atoms with Gasteiger partial charge in [-0.3, -0.25) is 67.5 Å². The number of guanidine groups is 2. The number of nitrogens with two attached hydrogens (primary N) is 5. The van der Waals surface area contributed by atoms with E-state index >= 15 is 0 Å². The molecule has 39 heteroatoms. The molecule has 36 nitrogen and oxygen atoms in total. The first-order valence-electron chi connectivity index (χ1n) is 27.2. The van der Waals surface area contributed by atoms with Gasteiger partial charge in [0, 0.05) is 32.5 Å². The van der Waals surface area contributed by atoms with Crippen LogP contribution in [0.1, 0.15) is 70.8 Å². The highest BCUT2D eigenvalue weighted by Crippen LogP contribution is 2.21. The number of carboxylic acid groups (broad SMARTS) is 3. The van der Waals surface area contributed by atoms with Crippen molar-refractivity contribution in [1.29, 1.82) is 0 Å². The van der Waals surface area contributed by atoms with Crippen LogP contribution in [0.3, 0.4) is 0 Å². The Morgan fingerprint density at radius 3 is 1.58 bits per heavy atom. The first-order chi connectivity index (χ1) is 41.7. The van der Waals surface area contributed by atoms with E-state index in [0.717, 1.165) is 6.92 Å². The van der Waals surface area contributed by atoms with Gasteiger partial charge in [-0.2, -0.15) is 13.2 Å². The van der Waals surface area contributed by atoms with Crippen LogP contribution in [0.5, 0.6) is 0 Å². The number of hydrogen-bond donors (Lipinski definition) is 20. The molecule has 25 N–H and O–H groups in total. The molecule has 1 heterocycles. The summed E-state index contributed by atoms with van der Waals surface area (Å²) in [5.74, 6) is -15.9. The lowest BCUT2D eigenvalue weighted by Gasteiger charge is -2.30. The SMILES string of the molecule is CC(NC(=O)C(Cc1ccccc1)NC(=O)C(CO)NC(=O)C(CO)NC(=O)C(NC(=O)C(CCCN=C(N)N)NC(=O)C1CCCN1C(=O)C(CCCN=C(N)N)NC(=O)CN)C(C)O)C(=O)NC(CCC(=O)O)C(=O)NCC(=O)O.O=C(O)C(F)(F)F. The molecule has 1 aliphatic heterocycles. The molecule has 89 heavy (non-hydrogen) atoms. The van der Waals surface area contributed by atoms with Crippen molar-refractivity contribution in [3.8, 4) is 0 Å². The van der Waals surface area contributed by atoms with E-state index in [1.807, 2.05) is 5.32 Å². The minimum Gasteiger partial charge on any atom is -0.481 e. The van der Waals surface area contributed by atoms with Crippen molar-refractivity contribution in [3.63, 3.8) is 0 Å². The Morgan fingerprint density at radius 2 is 1.10 bits per heavy atom. The summed E-state index contributed by atoms with van der Waals surface area (Å²) < 4.78 is 31.7. The van der Waals surface area contributed by atoms with E-state index in [4.69, 9.17) is 48.8 Å². The molecule has 1 aromatic rings. The number of rotatable bonds is 36. The molecule has 1 saturated heterocycles. The first kappa shape index (κ1) is 77.5. The number of halogens is 3.